The van der Waals surface area contributed by atoms with Crippen molar-refractivity contribution in [2.45, 2.75) is 25.4 Å². The number of hydrogen-bond acceptors (Lipinski definition) is 1. The summed E-state index contributed by atoms with van der Waals surface area (Å²) in [6, 6.07) is 9.18. The molecule has 26 heavy (non-hydrogen) atoms. The minimum atomic E-state index is -4.44. The van der Waals surface area contributed by atoms with E-state index in [1.54, 1.807) is 24.3 Å². The van der Waals surface area contributed by atoms with Gasteiger partial charge in [-0.25, -0.2) is 0 Å². The van der Waals surface area contributed by atoms with Crippen LogP contribution in [-0.2, 0) is 12.6 Å². The van der Waals surface area contributed by atoms with Crippen LogP contribution in [0.4, 0.5) is 13.2 Å². The van der Waals surface area contributed by atoms with E-state index >= 15 is 0 Å². The predicted octanol–water partition coefficient (Wildman–Crippen LogP) is 6.44. The van der Waals surface area contributed by atoms with E-state index in [0.29, 0.717) is 39.7 Å². The van der Waals surface area contributed by atoms with Crippen LogP contribution >= 0.6 is 23.2 Å². The Hall–Kier alpha value is -1.69. The van der Waals surface area contributed by atoms with E-state index in [2.05, 4.69) is 4.98 Å². The summed E-state index contributed by atoms with van der Waals surface area (Å²) in [5, 5.41) is 1.41. The molecule has 0 saturated carbocycles. The molecule has 1 aromatic heterocycles. The van der Waals surface area contributed by atoms with Gasteiger partial charge in [0.2, 0.25) is 0 Å². The molecule has 0 spiro atoms. The van der Waals surface area contributed by atoms with Gasteiger partial charge in [-0.3, -0.25) is 0 Å². The summed E-state index contributed by atoms with van der Waals surface area (Å²) < 4.78 is 40.3. The lowest BCUT2D eigenvalue weighted by molar-refractivity contribution is -0.136. The number of rotatable bonds is 5. The van der Waals surface area contributed by atoms with Crippen molar-refractivity contribution in [1.29, 1.82) is 0 Å². The first-order valence-corrected chi connectivity index (χ1v) is 8.94. The van der Waals surface area contributed by atoms with Gasteiger partial charge in [0.25, 0.3) is 0 Å². The number of fused-ring (bicyclic) bond motifs is 1. The minimum Gasteiger partial charge on any atom is -0.354 e. The number of alkyl halides is 3. The number of aromatic amines is 1. The molecule has 7 heteroatoms. The number of nitrogens with two attached hydrogens (primary N) is 1. The summed E-state index contributed by atoms with van der Waals surface area (Å²) in [6.07, 6.45) is -2.27. The smallest absolute Gasteiger partial charge is 0.354 e. The summed E-state index contributed by atoms with van der Waals surface area (Å²) in [5.41, 5.74) is 6.97. The van der Waals surface area contributed by atoms with Gasteiger partial charge in [0.1, 0.15) is 0 Å². The van der Waals surface area contributed by atoms with Crippen LogP contribution in [0.1, 0.15) is 24.0 Å². The van der Waals surface area contributed by atoms with Crippen molar-refractivity contribution in [3.63, 3.8) is 0 Å². The first-order chi connectivity index (χ1) is 12.3. The summed E-state index contributed by atoms with van der Waals surface area (Å²) >= 11 is 12.3. The first kappa shape index (κ1) is 19.1. The van der Waals surface area contributed by atoms with Crippen LogP contribution < -0.4 is 5.73 Å². The van der Waals surface area contributed by atoms with E-state index in [1.165, 1.54) is 6.07 Å². The van der Waals surface area contributed by atoms with Crippen LogP contribution in [0.2, 0.25) is 10.0 Å². The maximum atomic E-state index is 13.4. The maximum Gasteiger partial charge on any atom is 0.418 e. The maximum absolute atomic E-state index is 13.4. The molecule has 0 bridgehead atoms. The monoisotopic (exact) mass is 400 g/mol. The first-order valence-electron chi connectivity index (χ1n) is 8.19. The zero-order valence-corrected chi connectivity index (χ0v) is 15.3. The Labute approximate surface area is 159 Å². The molecule has 0 radical (unpaired) electrons. The van der Waals surface area contributed by atoms with Crippen LogP contribution in [-0.4, -0.2) is 11.5 Å². The van der Waals surface area contributed by atoms with Gasteiger partial charge in [0.05, 0.1) is 21.8 Å². The Balaban J connectivity index is 2.24. The Kier molecular flexibility index (Phi) is 5.51. The Bertz CT molecular complexity index is 932. The lowest BCUT2D eigenvalue weighted by Crippen LogP contribution is -2.05. The molecule has 3 rings (SSSR count). The van der Waals surface area contributed by atoms with Crippen molar-refractivity contribution in [3.05, 3.63) is 57.6 Å². The second kappa shape index (κ2) is 7.51. The topological polar surface area (TPSA) is 41.8 Å². The fourth-order valence-corrected chi connectivity index (χ4v) is 3.64. The lowest BCUT2D eigenvalue weighted by Gasteiger charge is -2.08. The van der Waals surface area contributed by atoms with Crippen LogP contribution in [0.25, 0.3) is 22.2 Å². The molecule has 0 aliphatic rings. The molecule has 3 aromatic rings. The van der Waals surface area contributed by atoms with Gasteiger partial charge in [0.15, 0.2) is 0 Å². The van der Waals surface area contributed by atoms with Crippen molar-refractivity contribution in [2.75, 3.05) is 6.54 Å². The number of nitrogens with one attached hydrogen (secondary N) is 1. The molecule has 0 fully saturated rings. The van der Waals surface area contributed by atoms with Crippen molar-refractivity contribution in [1.82, 2.24) is 4.98 Å². The van der Waals surface area contributed by atoms with E-state index in [0.717, 1.165) is 24.5 Å². The molecular weight excluding hydrogens is 384 g/mol. The second-order valence-corrected chi connectivity index (χ2v) is 6.92. The summed E-state index contributed by atoms with van der Waals surface area (Å²) in [6.45, 7) is 0.535. The van der Waals surface area contributed by atoms with Crippen LogP contribution in [0.5, 0.6) is 0 Å². The summed E-state index contributed by atoms with van der Waals surface area (Å²) in [7, 11) is 0. The standard InChI is InChI=1S/C19H17Cl2F3N2/c20-11-7-8-14(16(21)10-11)17-12(4-1-2-9-25)13-5-3-6-15(18(13)26-17)19(22,23)24/h3,5-8,10,26H,1-2,4,9,25H2. The molecular formula is C19H17Cl2F3N2. The average molecular weight is 401 g/mol. The highest BCUT2D eigenvalue weighted by Crippen LogP contribution is 2.41. The van der Waals surface area contributed by atoms with Crippen molar-refractivity contribution in [2.24, 2.45) is 5.73 Å². The molecule has 138 valence electrons. The highest BCUT2D eigenvalue weighted by atomic mass is 35.5. The van der Waals surface area contributed by atoms with E-state index in [9.17, 15) is 13.2 Å². The number of H-pyrrole nitrogens is 1. The number of aryl methyl sites for hydroxylation is 1. The number of aromatic nitrogens is 1. The van der Waals surface area contributed by atoms with E-state index in [1.807, 2.05) is 0 Å². The Morgan fingerprint density at radius 3 is 2.46 bits per heavy atom. The van der Waals surface area contributed by atoms with Gasteiger partial charge in [-0.15, -0.1) is 0 Å². The van der Waals surface area contributed by atoms with E-state index in [4.69, 9.17) is 28.9 Å². The molecule has 0 atom stereocenters. The summed E-state index contributed by atoms with van der Waals surface area (Å²) in [4.78, 5) is 2.96. The van der Waals surface area contributed by atoms with Crippen molar-refractivity contribution in [3.8, 4) is 11.3 Å². The SMILES string of the molecule is NCCCCc1c(-c2ccc(Cl)cc2Cl)[nH]c2c(C(F)(F)F)cccc12. The second-order valence-electron chi connectivity index (χ2n) is 6.07. The van der Waals surface area contributed by atoms with Gasteiger partial charge in [-0.05, 0) is 55.6 Å². The molecule has 2 nitrogen and oxygen atoms in total. The van der Waals surface area contributed by atoms with Gasteiger partial charge in [0, 0.05) is 16.0 Å². The van der Waals surface area contributed by atoms with E-state index in [-0.39, 0.29) is 5.52 Å². The van der Waals surface area contributed by atoms with Crippen LogP contribution in [0.3, 0.4) is 0 Å². The largest absolute Gasteiger partial charge is 0.418 e. The lowest BCUT2D eigenvalue weighted by atomic mass is 9.99. The highest BCUT2D eigenvalue weighted by Gasteiger charge is 2.34. The molecule has 2 aromatic carbocycles. The number of halogens is 5. The number of unbranched alkanes of at least 4 members (excludes halogenated alkanes) is 1. The quantitative estimate of drug-likeness (QED) is 0.475. The van der Waals surface area contributed by atoms with E-state index < -0.39 is 11.7 Å². The number of hydrogen-bond donors (Lipinski definition) is 2. The van der Waals surface area contributed by atoms with Gasteiger partial charge in [-0.2, -0.15) is 13.2 Å². The third-order valence-electron chi connectivity index (χ3n) is 4.33. The average Bonchev–Trinajstić information content (AvgIpc) is 2.92. The summed E-state index contributed by atoms with van der Waals surface area (Å²) in [5.74, 6) is 0. The fourth-order valence-electron chi connectivity index (χ4n) is 3.14. The van der Waals surface area contributed by atoms with Gasteiger partial charge in [-0.1, -0.05) is 35.3 Å². The molecule has 0 aliphatic heterocycles. The third kappa shape index (κ3) is 3.70. The minimum absolute atomic E-state index is 0.0729. The number of para-hydroxylation sites is 1. The molecule has 1 heterocycles. The molecule has 0 amide bonds. The van der Waals surface area contributed by atoms with Crippen molar-refractivity contribution >= 4 is 34.1 Å². The predicted molar refractivity (Wildman–Crippen MR) is 101 cm³/mol. The third-order valence-corrected chi connectivity index (χ3v) is 4.88. The molecule has 0 aliphatic carbocycles. The zero-order chi connectivity index (χ0) is 18.9. The zero-order valence-electron chi connectivity index (χ0n) is 13.8. The molecule has 3 N–H and O–H groups in total. The normalized spacial score (nSPS) is 12.1. The molecule has 0 saturated heterocycles. The number of benzene rings is 2. The molecule has 0 unspecified atom stereocenters. The van der Waals surface area contributed by atoms with Gasteiger partial charge < -0.3 is 10.7 Å². The van der Waals surface area contributed by atoms with Crippen LogP contribution in [0, 0.1) is 0 Å². The Morgan fingerprint density at radius 1 is 1.04 bits per heavy atom. The van der Waals surface area contributed by atoms with Crippen LogP contribution in [0.15, 0.2) is 36.4 Å². The Morgan fingerprint density at radius 2 is 1.81 bits per heavy atom. The van der Waals surface area contributed by atoms with Crippen molar-refractivity contribution < 1.29 is 13.2 Å². The van der Waals surface area contributed by atoms with Gasteiger partial charge >= 0.3 is 6.18 Å². The highest BCUT2D eigenvalue weighted by molar-refractivity contribution is 6.36. The fraction of sp³-hybridized carbons (Fsp3) is 0.263.